The lowest BCUT2D eigenvalue weighted by Gasteiger charge is -2.56. The summed E-state index contributed by atoms with van der Waals surface area (Å²) in [4.78, 5) is 14.6. The first-order valence-corrected chi connectivity index (χ1v) is 13.3. The second kappa shape index (κ2) is 7.52. The lowest BCUT2D eigenvalue weighted by molar-refractivity contribution is 0.0527. The van der Waals surface area contributed by atoms with Crippen molar-refractivity contribution < 1.29 is 13.9 Å². The van der Waals surface area contributed by atoms with Crippen molar-refractivity contribution in [2.75, 3.05) is 38.2 Å². The standard InChI is InChI=1S/C24H33FNO2P/c1-16(2)19-8-20(23(27)26-5-3-4-6-26)21(25)9-22(19)28-14-24-10-17-7-18(11-24)13-29(12-17)15-24/h8-9,16-18H,3-7,10-15H2,1-2H3. The van der Waals surface area contributed by atoms with Crippen LogP contribution >= 0.6 is 7.92 Å². The lowest BCUT2D eigenvalue weighted by atomic mass is 9.66. The minimum atomic E-state index is -0.434. The van der Waals surface area contributed by atoms with Crippen LogP contribution in [0, 0.1) is 23.1 Å². The van der Waals surface area contributed by atoms with Crippen LogP contribution in [-0.4, -0.2) is 49.0 Å². The molecule has 0 N–H and O–H groups in total. The number of hydrogen-bond donors (Lipinski definition) is 0. The Kier molecular flexibility index (Phi) is 5.13. The Hall–Kier alpha value is -1.15. The Morgan fingerprint density at radius 2 is 1.93 bits per heavy atom. The maximum atomic E-state index is 15.0. The van der Waals surface area contributed by atoms with Crippen LogP contribution in [0.5, 0.6) is 5.75 Å². The van der Waals surface area contributed by atoms with Gasteiger partial charge in [0.15, 0.2) is 0 Å². The molecule has 1 amide bonds. The molecule has 6 rings (SSSR count). The van der Waals surface area contributed by atoms with Crippen molar-refractivity contribution >= 4 is 13.8 Å². The number of ether oxygens (including phenoxy) is 1. The molecule has 5 aliphatic rings. The molecule has 5 heteroatoms. The first-order valence-electron chi connectivity index (χ1n) is 11.4. The van der Waals surface area contributed by atoms with Gasteiger partial charge in [-0.25, -0.2) is 4.39 Å². The Balaban J connectivity index is 1.37. The molecular formula is C24H33FNO2P. The predicted molar refractivity (Wildman–Crippen MR) is 116 cm³/mol. The van der Waals surface area contributed by atoms with Gasteiger partial charge in [-0.3, -0.25) is 4.79 Å². The van der Waals surface area contributed by atoms with Crippen molar-refractivity contribution in [3.8, 4) is 5.75 Å². The van der Waals surface area contributed by atoms with Crippen LogP contribution in [0.2, 0.25) is 0 Å². The second-order valence-electron chi connectivity index (χ2n) is 10.4. The monoisotopic (exact) mass is 417 g/mol. The molecule has 4 aliphatic heterocycles. The molecule has 29 heavy (non-hydrogen) atoms. The van der Waals surface area contributed by atoms with E-state index in [2.05, 4.69) is 13.8 Å². The summed E-state index contributed by atoms with van der Waals surface area (Å²) in [5.41, 5.74) is 1.50. The molecule has 3 nitrogen and oxygen atoms in total. The largest absolute Gasteiger partial charge is 0.493 e. The van der Waals surface area contributed by atoms with E-state index < -0.39 is 5.82 Å². The average molecular weight is 418 g/mol. The summed E-state index contributed by atoms with van der Waals surface area (Å²) in [7, 11) is 0.210. The highest BCUT2D eigenvalue weighted by molar-refractivity contribution is 7.57. The number of halogens is 1. The molecule has 0 spiro atoms. The molecule has 4 saturated heterocycles. The fourth-order valence-corrected chi connectivity index (χ4v) is 10.3. The zero-order chi connectivity index (χ0) is 20.2. The van der Waals surface area contributed by atoms with Gasteiger partial charge in [-0.05, 0) is 80.0 Å². The van der Waals surface area contributed by atoms with Crippen LogP contribution in [0.4, 0.5) is 4.39 Å². The highest BCUT2D eigenvalue weighted by Gasteiger charge is 2.51. The molecular weight excluding hydrogens is 384 g/mol. The molecule has 1 aliphatic carbocycles. The van der Waals surface area contributed by atoms with Crippen molar-refractivity contribution in [2.24, 2.45) is 17.3 Å². The number of amides is 1. The minimum Gasteiger partial charge on any atom is -0.493 e. The Bertz CT molecular complexity index is 767. The molecule has 1 saturated carbocycles. The Morgan fingerprint density at radius 3 is 2.55 bits per heavy atom. The van der Waals surface area contributed by atoms with Gasteiger partial charge in [-0.1, -0.05) is 13.8 Å². The van der Waals surface area contributed by atoms with Crippen LogP contribution in [0.15, 0.2) is 12.1 Å². The lowest BCUT2D eigenvalue weighted by Crippen LogP contribution is -2.49. The van der Waals surface area contributed by atoms with Crippen LogP contribution in [0.3, 0.4) is 0 Å². The number of carbonyl (C=O) groups is 1. The maximum Gasteiger partial charge on any atom is 0.256 e. The number of carbonyl (C=O) groups excluding carboxylic acids is 1. The van der Waals surface area contributed by atoms with Gasteiger partial charge in [0.25, 0.3) is 5.91 Å². The zero-order valence-electron chi connectivity index (χ0n) is 17.8. The van der Waals surface area contributed by atoms with Crippen molar-refractivity contribution in [2.45, 2.75) is 51.9 Å². The van der Waals surface area contributed by atoms with Crippen LogP contribution in [-0.2, 0) is 0 Å². The average Bonchev–Trinajstić information content (AvgIpc) is 3.19. The number of nitrogens with zero attached hydrogens (tertiary/aromatic N) is 1. The van der Waals surface area contributed by atoms with Crippen LogP contribution < -0.4 is 4.74 Å². The number of rotatable bonds is 5. The van der Waals surface area contributed by atoms with E-state index in [1.54, 1.807) is 11.0 Å². The van der Waals surface area contributed by atoms with Crippen molar-refractivity contribution in [3.05, 3.63) is 29.1 Å². The van der Waals surface area contributed by atoms with E-state index in [0.717, 1.165) is 49.9 Å². The van der Waals surface area contributed by atoms with E-state index in [-0.39, 0.29) is 25.3 Å². The molecule has 1 aromatic rings. The smallest absolute Gasteiger partial charge is 0.256 e. The molecule has 2 unspecified atom stereocenters. The summed E-state index contributed by atoms with van der Waals surface area (Å²) in [6.07, 6.45) is 10.4. The van der Waals surface area contributed by atoms with Gasteiger partial charge < -0.3 is 9.64 Å². The summed E-state index contributed by atoms with van der Waals surface area (Å²) in [6.45, 7) is 6.39. The number of hydrogen-bond acceptors (Lipinski definition) is 2. The molecule has 0 aromatic heterocycles. The Morgan fingerprint density at radius 1 is 1.24 bits per heavy atom. The third-order valence-corrected chi connectivity index (χ3v) is 10.8. The molecule has 4 bridgehead atoms. The normalized spacial score (nSPS) is 33.0. The van der Waals surface area contributed by atoms with Gasteiger partial charge in [0.05, 0.1) is 12.2 Å². The van der Waals surface area contributed by atoms with Crippen LogP contribution in [0.25, 0.3) is 0 Å². The van der Waals surface area contributed by atoms with Crippen molar-refractivity contribution in [3.63, 3.8) is 0 Å². The highest BCUT2D eigenvalue weighted by atomic mass is 31.1. The van der Waals surface area contributed by atoms with Gasteiger partial charge in [0.2, 0.25) is 0 Å². The molecule has 0 radical (unpaired) electrons. The highest BCUT2D eigenvalue weighted by Crippen LogP contribution is 2.65. The minimum absolute atomic E-state index is 0.169. The van der Waals surface area contributed by atoms with E-state index in [1.807, 2.05) is 0 Å². The SMILES string of the molecule is CC(C)c1cc(C(=O)N2CCCC2)c(F)cc1OCC12CC3CC(CP(C3)C1)C2. The van der Waals surface area contributed by atoms with E-state index in [1.165, 1.54) is 43.8 Å². The van der Waals surface area contributed by atoms with Gasteiger partial charge in [-0.2, -0.15) is 0 Å². The summed E-state index contributed by atoms with van der Waals surface area (Å²) in [5.74, 6) is 2.06. The first-order chi connectivity index (χ1) is 13.9. The zero-order valence-corrected chi connectivity index (χ0v) is 18.6. The van der Waals surface area contributed by atoms with Gasteiger partial charge in [0, 0.05) is 24.6 Å². The van der Waals surface area contributed by atoms with E-state index >= 15 is 0 Å². The summed E-state index contributed by atoms with van der Waals surface area (Å²) in [5, 5.41) is 0. The fraction of sp³-hybridized carbons (Fsp3) is 0.708. The quantitative estimate of drug-likeness (QED) is 0.594. The number of benzene rings is 1. The van der Waals surface area contributed by atoms with Gasteiger partial charge in [-0.15, -0.1) is 7.92 Å². The van der Waals surface area contributed by atoms with Crippen molar-refractivity contribution in [1.29, 1.82) is 0 Å². The molecule has 2 atom stereocenters. The molecule has 158 valence electrons. The summed E-state index contributed by atoms with van der Waals surface area (Å²) < 4.78 is 21.3. The Labute approximate surface area is 175 Å². The maximum absolute atomic E-state index is 15.0. The first kappa shape index (κ1) is 19.8. The summed E-state index contributed by atoms with van der Waals surface area (Å²) >= 11 is 0. The topological polar surface area (TPSA) is 29.5 Å². The molecule has 5 fully saturated rings. The van der Waals surface area contributed by atoms with E-state index in [0.29, 0.717) is 11.2 Å². The third-order valence-electron chi connectivity index (χ3n) is 7.58. The molecule has 1 aromatic carbocycles. The fourth-order valence-electron chi connectivity index (χ4n) is 6.56. The van der Waals surface area contributed by atoms with Crippen molar-refractivity contribution in [1.82, 2.24) is 4.90 Å². The predicted octanol–water partition coefficient (Wildman–Crippen LogP) is 5.48. The van der Waals surface area contributed by atoms with E-state index in [4.69, 9.17) is 4.74 Å². The van der Waals surface area contributed by atoms with Crippen LogP contribution in [0.1, 0.15) is 67.8 Å². The van der Waals surface area contributed by atoms with Gasteiger partial charge in [0.1, 0.15) is 11.6 Å². The second-order valence-corrected chi connectivity index (χ2v) is 12.8. The third kappa shape index (κ3) is 3.71. The van der Waals surface area contributed by atoms with E-state index in [9.17, 15) is 9.18 Å². The van der Waals surface area contributed by atoms with Gasteiger partial charge >= 0.3 is 0 Å². The number of likely N-dealkylation sites (tertiary alicyclic amines) is 1. The summed E-state index contributed by atoms with van der Waals surface area (Å²) in [6, 6.07) is 3.25. The molecule has 4 heterocycles.